The fourth-order valence-electron chi connectivity index (χ4n) is 3.59. The van der Waals surface area contributed by atoms with Gasteiger partial charge in [-0.3, -0.25) is 0 Å². The minimum atomic E-state index is -0.186. The fraction of sp³-hybridized carbons (Fsp3) is 0.533. The monoisotopic (exact) mass is 291 g/mol. The van der Waals surface area contributed by atoms with E-state index in [9.17, 15) is 4.39 Å². The molecule has 0 bridgehead atoms. The largest absolute Gasteiger partial charge is 0.347 e. The summed E-state index contributed by atoms with van der Waals surface area (Å²) in [6.45, 7) is 8.91. The van der Waals surface area contributed by atoms with Crippen LogP contribution in [0.3, 0.4) is 0 Å². The van der Waals surface area contributed by atoms with Crippen molar-refractivity contribution >= 4 is 26.7 Å². The van der Waals surface area contributed by atoms with Crippen LogP contribution in [-0.2, 0) is 0 Å². The van der Waals surface area contributed by atoms with Gasteiger partial charge in [-0.25, -0.2) is 9.37 Å². The molecule has 2 aliphatic rings. The van der Waals surface area contributed by atoms with Crippen LogP contribution in [0.5, 0.6) is 0 Å². The lowest BCUT2D eigenvalue weighted by atomic mass is 9.71. The van der Waals surface area contributed by atoms with Gasteiger partial charge in [0.05, 0.1) is 10.2 Å². The Labute approximate surface area is 121 Å². The first-order chi connectivity index (χ1) is 9.49. The van der Waals surface area contributed by atoms with E-state index < -0.39 is 0 Å². The van der Waals surface area contributed by atoms with E-state index in [4.69, 9.17) is 0 Å². The quantitative estimate of drug-likeness (QED) is 0.875. The zero-order chi connectivity index (χ0) is 14.0. The Kier molecular flexibility index (Phi) is 2.46. The predicted molar refractivity (Wildman–Crippen MR) is 80.9 cm³/mol. The molecule has 2 aliphatic heterocycles. The second kappa shape index (κ2) is 3.92. The van der Waals surface area contributed by atoms with Crippen molar-refractivity contribution in [3.05, 3.63) is 24.0 Å². The molecule has 2 fully saturated rings. The number of rotatable bonds is 1. The fourth-order valence-corrected chi connectivity index (χ4v) is 4.58. The Bertz CT molecular complexity index is 667. The maximum Gasteiger partial charge on any atom is 0.186 e. The molecule has 2 atom stereocenters. The summed E-state index contributed by atoms with van der Waals surface area (Å²) in [7, 11) is 0. The lowest BCUT2D eigenvalue weighted by Crippen LogP contribution is -2.34. The molecule has 3 nitrogen and oxygen atoms in total. The van der Waals surface area contributed by atoms with Crippen LogP contribution in [-0.4, -0.2) is 31.2 Å². The number of nitrogens with one attached hydrogen (secondary N) is 1. The first kappa shape index (κ1) is 12.5. The van der Waals surface area contributed by atoms with Crippen LogP contribution in [0, 0.1) is 16.6 Å². The van der Waals surface area contributed by atoms with Crippen LogP contribution >= 0.6 is 11.3 Å². The van der Waals surface area contributed by atoms with Crippen LogP contribution in [0.4, 0.5) is 9.52 Å². The first-order valence-corrected chi connectivity index (χ1v) is 7.83. The topological polar surface area (TPSA) is 28.2 Å². The van der Waals surface area contributed by atoms with Crippen LogP contribution < -0.4 is 10.2 Å². The Hall–Kier alpha value is -1.20. The molecule has 2 aromatic rings. The van der Waals surface area contributed by atoms with E-state index in [0.29, 0.717) is 10.8 Å². The van der Waals surface area contributed by atoms with E-state index in [2.05, 4.69) is 29.0 Å². The molecule has 0 saturated carbocycles. The van der Waals surface area contributed by atoms with Crippen molar-refractivity contribution in [3.8, 4) is 0 Å². The summed E-state index contributed by atoms with van der Waals surface area (Å²) in [6, 6.07) is 4.84. The molecular formula is C15H18FN3S. The van der Waals surface area contributed by atoms with Gasteiger partial charge in [-0.1, -0.05) is 25.2 Å². The highest BCUT2D eigenvalue weighted by Gasteiger charge is 2.55. The maximum atomic E-state index is 13.3. The van der Waals surface area contributed by atoms with Crippen molar-refractivity contribution in [1.82, 2.24) is 10.3 Å². The van der Waals surface area contributed by atoms with E-state index in [-0.39, 0.29) is 5.82 Å². The Morgan fingerprint density at radius 1 is 1.25 bits per heavy atom. The van der Waals surface area contributed by atoms with Crippen LogP contribution in [0.2, 0.25) is 0 Å². The smallest absolute Gasteiger partial charge is 0.186 e. The molecule has 0 unspecified atom stereocenters. The molecular weight excluding hydrogens is 273 g/mol. The third-order valence-electron chi connectivity index (χ3n) is 5.18. The second-order valence-electron chi connectivity index (χ2n) is 6.69. The van der Waals surface area contributed by atoms with Gasteiger partial charge in [0.1, 0.15) is 5.82 Å². The highest BCUT2D eigenvalue weighted by Crippen LogP contribution is 2.50. The number of fused-ring (bicyclic) bond motifs is 2. The Morgan fingerprint density at radius 2 is 1.95 bits per heavy atom. The van der Waals surface area contributed by atoms with E-state index in [1.54, 1.807) is 23.5 Å². The minimum Gasteiger partial charge on any atom is -0.347 e. The molecule has 1 N–H and O–H groups in total. The van der Waals surface area contributed by atoms with Crippen molar-refractivity contribution in [2.45, 2.75) is 13.8 Å². The summed E-state index contributed by atoms with van der Waals surface area (Å²) in [5.74, 6) is -0.186. The molecule has 106 valence electrons. The van der Waals surface area contributed by atoms with Gasteiger partial charge < -0.3 is 10.2 Å². The summed E-state index contributed by atoms with van der Waals surface area (Å²) in [5, 5.41) is 4.55. The number of nitrogens with zero attached hydrogens (tertiary/aromatic N) is 2. The molecule has 3 heterocycles. The molecule has 2 saturated heterocycles. The predicted octanol–water partition coefficient (Wildman–Crippen LogP) is 2.87. The highest BCUT2D eigenvalue weighted by molar-refractivity contribution is 7.22. The minimum absolute atomic E-state index is 0.186. The number of thiazole rings is 1. The van der Waals surface area contributed by atoms with Crippen LogP contribution in [0.1, 0.15) is 13.8 Å². The van der Waals surface area contributed by atoms with Gasteiger partial charge in [0.2, 0.25) is 0 Å². The lowest BCUT2D eigenvalue weighted by molar-refractivity contribution is 0.212. The normalized spacial score (nSPS) is 33.0. The average Bonchev–Trinajstić information content (AvgIpc) is 2.97. The van der Waals surface area contributed by atoms with Gasteiger partial charge in [-0.05, 0) is 18.2 Å². The van der Waals surface area contributed by atoms with E-state index in [1.807, 2.05) is 0 Å². The van der Waals surface area contributed by atoms with Crippen molar-refractivity contribution in [3.63, 3.8) is 0 Å². The summed E-state index contributed by atoms with van der Waals surface area (Å²) in [5.41, 5.74) is 1.50. The second-order valence-corrected chi connectivity index (χ2v) is 7.70. The molecule has 0 amide bonds. The van der Waals surface area contributed by atoms with Gasteiger partial charge in [0.15, 0.2) is 5.13 Å². The first-order valence-electron chi connectivity index (χ1n) is 7.01. The van der Waals surface area contributed by atoms with Gasteiger partial charge in [-0.15, -0.1) is 0 Å². The number of benzene rings is 1. The Balaban J connectivity index is 1.71. The zero-order valence-corrected chi connectivity index (χ0v) is 12.6. The summed E-state index contributed by atoms with van der Waals surface area (Å²) >= 11 is 1.60. The molecule has 4 rings (SSSR count). The number of aromatic nitrogens is 1. The van der Waals surface area contributed by atoms with Crippen molar-refractivity contribution < 1.29 is 4.39 Å². The van der Waals surface area contributed by atoms with E-state index >= 15 is 0 Å². The Morgan fingerprint density at radius 3 is 2.65 bits per heavy atom. The SMILES string of the molecule is C[C@@]12CNC[C@]1(C)CN(c1nc3ccc(F)cc3s1)C2. The van der Waals surface area contributed by atoms with Crippen molar-refractivity contribution in [1.29, 1.82) is 0 Å². The summed E-state index contributed by atoms with van der Waals surface area (Å²) in [6.07, 6.45) is 0. The third kappa shape index (κ3) is 1.63. The van der Waals surface area contributed by atoms with Gasteiger partial charge in [-0.2, -0.15) is 0 Å². The number of anilines is 1. The maximum absolute atomic E-state index is 13.3. The number of halogens is 1. The summed E-state index contributed by atoms with van der Waals surface area (Å²) < 4.78 is 14.2. The van der Waals surface area contributed by atoms with E-state index in [1.165, 1.54) is 6.07 Å². The molecule has 0 aliphatic carbocycles. The molecule has 0 spiro atoms. The lowest BCUT2D eigenvalue weighted by Gasteiger charge is -2.30. The molecule has 0 radical (unpaired) electrons. The molecule has 1 aromatic heterocycles. The average molecular weight is 291 g/mol. The number of hydrogen-bond donors (Lipinski definition) is 1. The van der Waals surface area contributed by atoms with Crippen LogP contribution in [0.15, 0.2) is 18.2 Å². The van der Waals surface area contributed by atoms with Crippen molar-refractivity contribution in [2.75, 3.05) is 31.1 Å². The summed E-state index contributed by atoms with van der Waals surface area (Å²) in [4.78, 5) is 7.06. The van der Waals surface area contributed by atoms with Crippen molar-refractivity contribution in [2.24, 2.45) is 10.8 Å². The standard InChI is InChI=1S/C15H18FN3S/c1-14-6-17-7-15(14,2)9-19(8-14)13-18-11-4-3-10(16)5-12(11)20-13/h3-5,17H,6-9H2,1-2H3/t14-,15+. The van der Waals surface area contributed by atoms with E-state index in [0.717, 1.165) is 41.5 Å². The zero-order valence-electron chi connectivity index (χ0n) is 11.7. The number of hydrogen-bond acceptors (Lipinski definition) is 4. The van der Waals surface area contributed by atoms with Gasteiger partial charge >= 0.3 is 0 Å². The molecule has 1 aromatic carbocycles. The third-order valence-corrected chi connectivity index (χ3v) is 6.26. The van der Waals surface area contributed by atoms with Crippen LogP contribution in [0.25, 0.3) is 10.2 Å². The highest BCUT2D eigenvalue weighted by atomic mass is 32.1. The molecule has 20 heavy (non-hydrogen) atoms. The van der Waals surface area contributed by atoms with Gasteiger partial charge in [0.25, 0.3) is 0 Å². The van der Waals surface area contributed by atoms with Gasteiger partial charge in [0, 0.05) is 37.0 Å². The molecule has 5 heteroatoms.